The van der Waals surface area contributed by atoms with Gasteiger partial charge in [0, 0.05) is 75.4 Å². The van der Waals surface area contributed by atoms with E-state index >= 15 is 9.59 Å². The van der Waals surface area contributed by atoms with Crippen LogP contribution < -0.4 is 65.1 Å². The maximum atomic E-state index is 15.2. The number of nitrogens with zero attached hydrogens (tertiary/aromatic N) is 3. The molecule has 11 amide bonds. The largest absolute Gasteiger partial charge is 0.508 e. The minimum absolute atomic E-state index is 0.00383. The third kappa shape index (κ3) is 22.8. The smallest absolute Gasteiger partial charge is 0.303 e. The van der Waals surface area contributed by atoms with E-state index < -0.39 is 145 Å². The first-order valence-electron chi connectivity index (χ1n) is 32.7. The number of aromatic amines is 2. The number of aliphatic hydroxyl groups is 1. The number of aromatic nitrogens is 3. The highest BCUT2D eigenvalue weighted by Crippen LogP contribution is 2.23. The summed E-state index contributed by atoms with van der Waals surface area (Å²) in [5.74, 6) is -11.3. The van der Waals surface area contributed by atoms with Crippen molar-refractivity contribution >= 4 is 98.6 Å². The van der Waals surface area contributed by atoms with Crippen LogP contribution in [0.1, 0.15) is 88.1 Å². The number of hydrogen-bond acceptors (Lipinski definition) is 16. The van der Waals surface area contributed by atoms with Crippen LogP contribution >= 0.6 is 0 Å². The molecule has 20 N–H and O–H groups in total. The van der Waals surface area contributed by atoms with Gasteiger partial charge in [0.05, 0.1) is 25.2 Å². The number of benzene rings is 4. The third-order valence-electron chi connectivity index (χ3n) is 16.6. The first kappa shape index (κ1) is 75.9. The summed E-state index contributed by atoms with van der Waals surface area (Å²) in [6.45, 7) is 3.35. The molecule has 9 atom stereocenters. The van der Waals surface area contributed by atoms with E-state index in [4.69, 9.17) is 17.2 Å². The number of fused-ring (bicyclic) bond motifs is 2. The van der Waals surface area contributed by atoms with Crippen LogP contribution in [0.2, 0.25) is 0 Å². The van der Waals surface area contributed by atoms with Gasteiger partial charge in [-0.05, 0) is 90.1 Å². The van der Waals surface area contributed by atoms with E-state index in [0.717, 1.165) is 17.7 Å². The number of likely N-dealkylation sites (tertiary alicyclic amines) is 1. The molecule has 0 aliphatic carbocycles. The lowest BCUT2D eigenvalue weighted by atomic mass is 9.98. The molecule has 1 aliphatic heterocycles. The summed E-state index contributed by atoms with van der Waals surface area (Å²) in [6.07, 6.45) is 3.26. The van der Waals surface area contributed by atoms with Crippen LogP contribution in [0.5, 0.6) is 5.75 Å². The van der Waals surface area contributed by atoms with Crippen LogP contribution in [-0.2, 0) is 83.2 Å². The van der Waals surface area contributed by atoms with Gasteiger partial charge >= 0.3 is 5.97 Å². The minimum atomic E-state index is -1.86. The standard InChI is InChI=1S/C68H87N17O15/c1-37(2)26-50(60(93)78-49(14-8-24-73-68(70)71)67(100)85-25-9-15-56(85)66(99)75-34-57(69)89)79-62(95)52(29-40-16-19-41-10-4-5-11-42(41)27-40)80-61(94)51(28-39-17-20-45(88)21-18-39)81-65(98)55(35-86)84-63(96)53(30-43-32-74-47-13-7-6-12-46(43)47)82-64(97)54(31-44-33-72-36-76-44)83-59(92)48(77-38(3)87)22-23-58(90)91/h4-7,10-13,16-21,27,32-33,36-37,48-56,74,86,88H,8-9,14-15,22-26,28-31,34-35H2,1-3H3,(H2,69,89)(H,72,76)(H,75,99)(H,77,87)(H,78,93)(H,79,95)(H,80,94)(H,81,98)(H,82,97)(H,83,92)(H,84,96)(H,90,91)(H4,70,71,73)/t48-,49-,50-,51-,52?,53-,54-,55-,56-/m0/s1. The zero-order chi connectivity index (χ0) is 72.6. The van der Waals surface area contributed by atoms with Gasteiger partial charge in [0.1, 0.15) is 60.1 Å². The number of carboxylic acid groups (broad SMARTS) is 1. The lowest BCUT2D eigenvalue weighted by Crippen LogP contribution is -2.61. The van der Waals surface area contributed by atoms with Gasteiger partial charge in [-0.15, -0.1) is 0 Å². The van der Waals surface area contributed by atoms with Gasteiger partial charge in [0.25, 0.3) is 0 Å². The second-order valence-electron chi connectivity index (χ2n) is 24.8. The van der Waals surface area contributed by atoms with E-state index in [1.807, 2.05) is 30.3 Å². The Hall–Kier alpha value is -11.4. The lowest BCUT2D eigenvalue weighted by molar-refractivity contribution is -0.142. The van der Waals surface area contributed by atoms with Crippen LogP contribution in [0.15, 0.2) is 115 Å². The van der Waals surface area contributed by atoms with Crippen LogP contribution in [0.4, 0.5) is 0 Å². The number of hydrogen-bond donors (Lipinski definition) is 17. The normalized spacial score (nSPS) is 15.1. The molecular weight excluding hydrogens is 1290 g/mol. The third-order valence-corrected chi connectivity index (χ3v) is 16.6. The summed E-state index contributed by atoms with van der Waals surface area (Å²) in [7, 11) is 0. The topological polar surface area (TPSA) is 512 Å². The average Bonchev–Trinajstić information content (AvgIpc) is 1.66. The molecular formula is C68H87N17O15. The minimum Gasteiger partial charge on any atom is -0.508 e. The summed E-state index contributed by atoms with van der Waals surface area (Å²) in [5.41, 5.74) is 18.8. The second kappa shape index (κ2) is 36.8. The van der Waals surface area contributed by atoms with Gasteiger partial charge in [-0.2, -0.15) is 0 Å². The van der Waals surface area contributed by atoms with Gasteiger partial charge in [0.15, 0.2) is 5.96 Å². The van der Waals surface area contributed by atoms with Crippen molar-refractivity contribution in [3.05, 3.63) is 132 Å². The number of phenols is 1. The van der Waals surface area contributed by atoms with Crippen molar-refractivity contribution in [1.29, 1.82) is 0 Å². The molecule has 32 heteroatoms. The number of aliphatic carboxylic acids is 1. The zero-order valence-electron chi connectivity index (χ0n) is 55.6. The van der Waals surface area contributed by atoms with Crippen molar-refractivity contribution in [1.82, 2.24) is 67.7 Å². The fourth-order valence-corrected chi connectivity index (χ4v) is 11.6. The Morgan fingerprint density at radius 3 is 1.80 bits per heavy atom. The number of carbonyl (C=O) groups is 12. The number of aliphatic hydroxyl groups excluding tert-OH is 1. The van der Waals surface area contributed by atoms with Crippen LogP contribution in [0.25, 0.3) is 21.7 Å². The van der Waals surface area contributed by atoms with E-state index in [9.17, 15) is 63.3 Å². The van der Waals surface area contributed by atoms with E-state index in [-0.39, 0.29) is 94.2 Å². The summed E-state index contributed by atoms with van der Waals surface area (Å²) in [6, 6.07) is 12.2. The number of guanidine groups is 1. The van der Waals surface area contributed by atoms with Crippen LogP contribution in [-0.4, -0.2) is 193 Å². The Kier molecular flexibility index (Phi) is 27.9. The van der Waals surface area contributed by atoms with E-state index in [2.05, 4.69) is 67.8 Å². The number of nitrogens with one attached hydrogen (secondary N) is 11. The van der Waals surface area contributed by atoms with Crippen molar-refractivity contribution in [3.63, 3.8) is 0 Å². The van der Waals surface area contributed by atoms with E-state index in [1.54, 1.807) is 56.4 Å². The Balaban J connectivity index is 1.17. The lowest BCUT2D eigenvalue weighted by Gasteiger charge is -2.30. The number of aliphatic imine (C=N–C) groups is 1. The number of primary amides is 1. The summed E-state index contributed by atoms with van der Waals surface area (Å²) >= 11 is 0. The molecule has 6 aromatic rings. The summed E-state index contributed by atoms with van der Waals surface area (Å²) in [4.78, 5) is 181. The number of para-hydroxylation sites is 1. The molecule has 534 valence electrons. The number of aromatic hydroxyl groups is 1. The molecule has 0 radical (unpaired) electrons. The summed E-state index contributed by atoms with van der Waals surface area (Å²) in [5, 5.41) is 56.4. The Bertz CT molecular complexity index is 3910. The van der Waals surface area contributed by atoms with Crippen LogP contribution in [0.3, 0.4) is 0 Å². The number of H-pyrrole nitrogens is 2. The van der Waals surface area contributed by atoms with Crippen molar-refractivity contribution in [2.45, 2.75) is 146 Å². The molecule has 1 saturated heterocycles. The molecule has 1 aliphatic rings. The number of rotatable bonds is 37. The molecule has 1 unspecified atom stereocenters. The number of carboxylic acids is 1. The molecule has 0 spiro atoms. The van der Waals surface area contributed by atoms with E-state index in [0.29, 0.717) is 34.0 Å². The highest BCUT2D eigenvalue weighted by molar-refractivity contribution is 6.00. The molecule has 3 heterocycles. The molecule has 4 aromatic carbocycles. The highest BCUT2D eigenvalue weighted by atomic mass is 16.4. The molecule has 0 saturated carbocycles. The van der Waals surface area contributed by atoms with E-state index in [1.165, 1.54) is 41.7 Å². The Labute approximate surface area is 575 Å². The van der Waals surface area contributed by atoms with Crippen molar-refractivity contribution in [3.8, 4) is 5.75 Å². The molecule has 2 aromatic heterocycles. The van der Waals surface area contributed by atoms with Crippen molar-refractivity contribution in [2.24, 2.45) is 28.1 Å². The average molecular weight is 1380 g/mol. The molecule has 1 fully saturated rings. The quantitative estimate of drug-likeness (QED) is 0.0119. The predicted molar refractivity (Wildman–Crippen MR) is 365 cm³/mol. The predicted octanol–water partition coefficient (Wildman–Crippen LogP) is -1.53. The molecule has 32 nitrogen and oxygen atoms in total. The maximum absolute atomic E-state index is 15.2. The number of carbonyl (C=O) groups excluding carboxylic acids is 11. The highest BCUT2D eigenvalue weighted by Gasteiger charge is 2.40. The van der Waals surface area contributed by atoms with Gasteiger partial charge in [-0.1, -0.05) is 86.6 Å². The Morgan fingerprint density at radius 2 is 1.19 bits per heavy atom. The first-order valence-corrected chi connectivity index (χ1v) is 32.7. The van der Waals surface area contributed by atoms with Crippen LogP contribution in [0, 0.1) is 5.92 Å². The number of imidazole rings is 1. The number of nitrogens with two attached hydrogens (primary N) is 3. The fourth-order valence-electron chi connectivity index (χ4n) is 11.6. The van der Waals surface area contributed by atoms with Crippen molar-refractivity contribution < 1.29 is 72.9 Å². The SMILES string of the molecule is CC(=O)N[C@@H](CCC(=O)O)C(=O)N[C@@H](Cc1c[nH]cn1)C(=O)N[C@@H](Cc1c[nH]c2ccccc12)C(=O)N[C@@H](CO)C(=O)N[C@@H](Cc1ccc(O)cc1)C(=O)NC(Cc1ccc2ccccc2c1)C(=O)N[C@@H](CC(C)C)C(=O)N[C@@H](CCCN=C(N)N)C(=O)N1CCC[C@H]1C(=O)NCC(N)=O. The van der Waals surface area contributed by atoms with Gasteiger partial charge in [-0.25, -0.2) is 4.98 Å². The molecule has 0 bridgehead atoms. The molecule has 7 rings (SSSR count). The van der Waals surface area contributed by atoms with Gasteiger partial charge < -0.3 is 95.2 Å². The maximum Gasteiger partial charge on any atom is 0.303 e. The molecule has 100 heavy (non-hydrogen) atoms. The summed E-state index contributed by atoms with van der Waals surface area (Å²) < 4.78 is 0. The number of phenolic OH excluding ortho intramolecular Hbond substituents is 1. The van der Waals surface area contributed by atoms with Crippen molar-refractivity contribution in [2.75, 3.05) is 26.2 Å². The Morgan fingerprint density at radius 1 is 0.630 bits per heavy atom. The van der Waals surface area contributed by atoms with Gasteiger partial charge in [0.2, 0.25) is 65.0 Å². The fraction of sp³-hybridized carbons (Fsp3) is 0.412. The van der Waals surface area contributed by atoms with Gasteiger partial charge in [-0.3, -0.25) is 62.5 Å². The number of amides is 11. The monoisotopic (exact) mass is 1380 g/mol. The second-order valence-corrected chi connectivity index (χ2v) is 24.8. The first-order chi connectivity index (χ1) is 47.7. The zero-order valence-corrected chi connectivity index (χ0v) is 55.6.